The number of pyridine rings is 1. The van der Waals surface area contributed by atoms with Crippen LogP contribution in [0.25, 0.3) is 0 Å². The van der Waals surface area contributed by atoms with E-state index in [9.17, 15) is 0 Å². The molecule has 4 unspecified atom stereocenters. The van der Waals surface area contributed by atoms with Gasteiger partial charge in [-0.1, -0.05) is 13.3 Å². The number of aromatic nitrogens is 1. The van der Waals surface area contributed by atoms with Gasteiger partial charge in [0, 0.05) is 17.8 Å². The van der Waals surface area contributed by atoms with Crippen LogP contribution in [0.3, 0.4) is 0 Å². The molecule has 3 heteroatoms. The van der Waals surface area contributed by atoms with E-state index in [4.69, 9.17) is 4.74 Å². The zero-order chi connectivity index (χ0) is 13.9. The molecule has 3 rings (SSSR count). The largest absolute Gasteiger partial charge is 0.495 e. The molecule has 0 aliphatic heterocycles. The average molecular weight is 274 g/mol. The van der Waals surface area contributed by atoms with Gasteiger partial charge in [-0.15, -0.1) is 0 Å². The highest BCUT2D eigenvalue weighted by Gasteiger charge is 2.40. The molecule has 2 aliphatic carbocycles. The van der Waals surface area contributed by atoms with Gasteiger partial charge in [-0.3, -0.25) is 4.98 Å². The van der Waals surface area contributed by atoms with Gasteiger partial charge in [-0.2, -0.15) is 0 Å². The second kappa shape index (κ2) is 6.13. The van der Waals surface area contributed by atoms with Gasteiger partial charge in [0.1, 0.15) is 5.75 Å². The molecule has 20 heavy (non-hydrogen) atoms. The number of ether oxygens (including phenoxy) is 1. The summed E-state index contributed by atoms with van der Waals surface area (Å²) >= 11 is 0. The lowest BCUT2D eigenvalue weighted by Gasteiger charge is -2.28. The van der Waals surface area contributed by atoms with Crippen molar-refractivity contribution in [3.63, 3.8) is 0 Å². The van der Waals surface area contributed by atoms with Gasteiger partial charge in [0.2, 0.25) is 0 Å². The van der Waals surface area contributed by atoms with E-state index >= 15 is 0 Å². The highest BCUT2D eigenvalue weighted by molar-refractivity contribution is 5.33. The number of hydrogen-bond acceptors (Lipinski definition) is 3. The topological polar surface area (TPSA) is 34.2 Å². The first-order valence-electron chi connectivity index (χ1n) is 8.03. The Kier molecular flexibility index (Phi) is 4.25. The lowest BCUT2D eigenvalue weighted by atomic mass is 9.82. The predicted octanol–water partition coefficient (Wildman–Crippen LogP) is 3.57. The zero-order valence-corrected chi connectivity index (χ0v) is 12.6. The first-order chi connectivity index (χ1) is 9.81. The van der Waals surface area contributed by atoms with Crippen molar-refractivity contribution in [2.45, 2.75) is 45.1 Å². The van der Waals surface area contributed by atoms with Gasteiger partial charge in [-0.25, -0.2) is 0 Å². The Morgan fingerprint density at radius 1 is 1.40 bits per heavy atom. The van der Waals surface area contributed by atoms with Crippen LogP contribution in [0.4, 0.5) is 0 Å². The van der Waals surface area contributed by atoms with Crippen molar-refractivity contribution in [2.24, 2.45) is 17.8 Å². The number of rotatable bonds is 6. The van der Waals surface area contributed by atoms with Crippen molar-refractivity contribution in [2.75, 3.05) is 13.7 Å². The average Bonchev–Trinajstić information content (AvgIpc) is 3.09. The van der Waals surface area contributed by atoms with E-state index in [-0.39, 0.29) is 0 Å². The summed E-state index contributed by atoms with van der Waals surface area (Å²) in [4.78, 5) is 4.18. The Bertz CT molecular complexity index is 448. The number of methoxy groups -OCH3 is 1. The van der Waals surface area contributed by atoms with Crippen molar-refractivity contribution in [1.29, 1.82) is 0 Å². The third-order valence-corrected chi connectivity index (χ3v) is 5.29. The molecule has 0 spiro atoms. The maximum absolute atomic E-state index is 5.50. The normalized spacial score (nSPS) is 29.6. The first-order valence-corrected chi connectivity index (χ1v) is 8.03. The van der Waals surface area contributed by atoms with E-state index in [1.807, 2.05) is 12.4 Å². The van der Waals surface area contributed by atoms with Crippen LogP contribution in [-0.4, -0.2) is 18.6 Å². The molecule has 0 aromatic carbocycles. The molecule has 0 radical (unpaired) electrons. The minimum absolute atomic E-state index is 0.405. The Morgan fingerprint density at radius 3 is 2.95 bits per heavy atom. The standard InChI is InChI=1S/C17H26N2O/c1-3-19-16(15-6-7-18-11-17(15)20-2)10-14-9-12-4-5-13(14)8-12/h6-7,11-14,16,19H,3-5,8-10H2,1-2H3. The summed E-state index contributed by atoms with van der Waals surface area (Å²) in [6.07, 6.45) is 10.8. The van der Waals surface area contributed by atoms with Crippen LogP contribution in [0.2, 0.25) is 0 Å². The molecule has 2 aliphatic rings. The van der Waals surface area contributed by atoms with E-state index in [1.54, 1.807) is 7.11 Å². The summed E-state index contributed by atoms with van der Waals surface area (Å²) in [5.41, 5.74) is 1.27. The van der Waals surface area contributed by atoms with E-state index in [0.29, 0.717) is 6.04 Å². The molecule has 0 saturated heterocycles. The second-order valence-electron chi connectivity index (χ2n) is 6.40. The molecule has 1 N–H and O–H groups in total. The SMILES string of the molecule is CCNC(CC1CC2CCC1C2)c1ccncc1OC. The van der Waals surface area contributed by atoms with Crippen molar-refractivity contribution in [3.8, 4) is 5.75 Å². The fourth-order valence-electron chi connectivity index (χ4n) is 4.38. The van der Waals surface area contributed by atoms with Crippen molar-refractivity contribution in [1.82, 2.24) is 10.3 Å². The number of nitrogens with zero attached hydrogens (tertiary/aromatic N) is 1. The molecule has 1 aromatic heterocycles. The summed E-state index contributed by atoms with van der Waals surface area (Å²) in [6.45, 7) is 3.18. The monoisotopic (exact) mass is 274 g/mol. The first kappa shape index (κ1) is 13.9. The quantitative estimate of drug-likeness (QED) is 0.861. The molecule has 2 saturated carbocycles. The highest BCUT2D eigenvalue weighted by atomic mass is 16.5. The number of hydrogen-bond donors (Lipinski definition) is 1. The molecule has 1 aromatic rings. The van der Waals surface area contributed by atoms with Crippen LogP contribution >= 0.6 is 0 Å². The van der Waals surface area contributed by atoms with E-state index < -0.39 is 0 Å². The molecular weight excluding hydrogens is 248 g/mol. The number of nitrogens with one attached hydrogen (secondary N) is 1. The Hall–Kier alpha value is -1.09. The van der Waals surface area contributed by atoms with Gasteiger partial charge >= 0.3 is 0 Å². The summed E-state index contributed by atoms with van der Waals surface area (Å²) < 4.78 is 5.50. The molecule has 3 nitrogen and oxygen atoms in total. The van der Waals surface area contributed by atoms with E-state index in [2.05, 4.69) is 23.3 Å². The van der Waals surface area contributed by atoms with Crippen LogP contribution < -0.4 is 10.1 Å². The third kappa shape index (κ3) is 2.69. The smallest absolute Gasteiger partial charge is 0.141 e. The summed E-state index contributed by atoms with van der Waals surface area (Å²) in [5, 5.41) is 3.65. The van der Waals surface area contributed by atoms with Gasteiger partial charge in [0.05, 0.1) is 13.3 Å². The van der Waals surface area contributed by atoms with Crippen molar-refractivity contribution >= 4 is 0 Å². The van der Waals surface area contributed by atoms with E-state index in [0.717, 1.165) is 30.0 Å². The van der Waals surface area contributed by atoms with Crippen molar-refractivity contribution in [3.05, 3.63) is 24.0 Å². The zero-order valence-electron chi connectivity index (χ0n) is 12.6. The van der Waals surface area contributed by atoms with Crippen LogP contribution in [0.15, 0.2) is 18.5 Å². The molecule has 2 fully saturated rings. The summed E-state index contributed by atoms with van der Waals surface area (Å²) in [5.74, 6) is 3.82. The summed E-state index contributed by atoms with van der Waals surface area (Å²) in [7, 11) is 1.74. The molecule has 4 atom stereocenters. The molecule has 110 valence electrons. The number of fused-ring (bicyclic) bond motifs is 2. The second-order valence-corrected chi connectivity index (χ2v) is 6.40. The molecule has 0 amide bonds. The predicted molar refractivity (Wildman–Crippen MR) is 80.8 cm³/mol. The maximum atomic E-state index is 5.50. The molecular formula is C17H26N2O. The Balaban J connectivity index is 1.75. The van der Waals surface area contributed by atoms with E-state index in [1.165, 1.54) is 37.7 Å². The van der Waals surface area contributed by atoms with Crippen LogP contribution in [-0.2, 0) is 0 Å². The van der Waals surface area contributed by atoms with Gasteiger partial charge < -0.3 is 10.1 Å². The van der Waals surface area contributed by atoms with Gasteiger partial charge in [-0.05, 0) is 56.0 Å². The van der Waals surface area contributed by atoms with Crippen LogP contribution in [0.5, 0.6) is 5.75 Å². The minimum atomic E-state index is 0.405. The lowest BCUT2D eigenvalue weighted by Crippen LogP contribution is -2.26. The van der Waals surface area contributed by atoms with Gasteiger partial charge in [0.25, 0.3) is 0 Å². The molecule has 1 heterocycles. The fraction of sp³-hybridized carbons (Fsp3) is 0.706. The molecule has 2 bridgehead atoms. The van der Waals surface area contributed by atoms with Crippen LogP contribution in [0, 0.1) is 17.8 Å². The summed E-state index contributed by atoms with van der Waals surface area (Å²) in [6, 6.07) is 2.52. The Labute approximate surface area is 122 Å². The van der Waals surface area contributed by atoms with Gasteiger partial charge in [0.15, 0.2) is 0 Å². The minimum Gasteiger partial charge on any atom is -0.495 e. The highest BCUT2D eigenvalue weighted by Crippen LogP contribution is 2.51. The van der Waals surface area contributed by atoms with Crippen molar-refractivity contribution < 1.29 is 4.74 Å². The van der Waals surface area contributed by atoms with Crippen LogP contribution in [0.1, 0.15) is 50.6 Å². The fourth-order valence-corrected chi connectivity index (χ4v) is 4.38. The maximum Gasteiger partial charge on any atom is 0.141 e. The third-order valence-electron chi connectivity index (χ3n) is 5.29. The lowest BCUT2D eigenvalue weighted by molar-refractivity contribution is 0.277. The Morgan fingerprint density at radius 2 is 2.30 bits per heavy atom.